The molecule has 0 aromatic heterocycles. The van der Waals surface area contributed by atoms with E-state index in [1.165, 1.54) is 0 Å². The molecule has 1 atom stereocenters. The number of nitrogens with one attached hydrogen (secondary N) is 1. The summed E-state index contributed by atoms with van der Waals surface area (Å²) in [4.78, 5) is 0. The molecule has 0 amide bonds. The third-order valence-electron chi connectivity index (χ3n) is 1.79. The lowest BCUT2D eigenvalue weighted by Gasteiger charge is -2.16. The number of rotatable bonds is 5. The second-order valence-corrected chi connectivity index (χ2v) is 3.96. The molecule has 2 heteroatoms. The molecular formula is C9H22N2. The summed E-state index contributed by atoms with van der Waals surface area (Å²) in [6.07, 6.45) is 0. The predicted molar refractivity (Wildman–Crippen MR) is 50.5 cm³/mol. The van der Waals surface area contributed by atoms with E-state index in [9.17, 15) is 0 Å². The maximum absolute atomic E-state index is 5.84. The number of hydrogen-bond donors (Lipinski definition) is 2. The standard InChI is InChI=1S/C9H22N2/c1-7(2)5-11-6-9(10)8(3)4/h7-9,11H,5-6,10H2,1-4H3. The van der Waals surface area contributed by atoms with Gasteiger partial charge in [0.15, 0.2) is 0 Å². The van der Waals surface area contributed by atoms with E-state index in [4.69, 9.17) is 5.73 Å². The molecule has 0 radical (unpaired) electrons. The fourth-order valence-electron chi connectivity index (χ4n) is 0.774. The van der Waals surface area contributed by atoms with Gasteiger partial charge in [0, 0.05) is 12.6 Å². The van der Waals surface area contributed by atoms with Gasteiger partial charge in [0.1, 0.15) is 0 Å². The van der Waals surface area contributed by atoms with Gasteiger partial charge >= 0.3 is 0 Å². The molecule has 11 heavy (non-hydrogen) atoms. The van der Waals surface area contributed by atoms with Crippen LogP contribution in [-0.2, 0) is 0 Å². The average Bonchev–Trinajstić information content (AvgIpc) is 1.86. The second kappa shape index (κ2) is 5.56. The van der Waals surface area contributed by atoms with Gasteiger partial charge in [-0.15, -0.1) is 0 Å². The molecule has 0 aliphatic rings. The van der Waals surface area contributed by atoms with Crippen LogP contribution in [0.5, 0.6) is 0 Å². The zero-order valence-corrected chi connectivity index (χ0v) is 8.22. The highest BCUT2D eigenvalue weighted by atomic mass is 14.9. The van der Waals surface area contributed by atoms with Gasteiger partial charge < -0.3 is 11.1 Å². The zero-order chi connectivity index (χ0) is 8.85. The van der Waals surface area contributed by atoms with Gasteiger partial charge in [-0.25, -0.2) is 0 Å². The van der Waals surface area contributed by atoms with Crippen molar-refractivity contribution in [3.05, 3.63) is 0 Å². The normalized spacial score (nSPS) is 14.5. The fraction of sp³-hybridized carbons (Fsp3) is 1.00. The molecule has 1 unspecified atom stereocenters. The molecule has 3 N–H and O–H groups in total. The third kappa shape index (κ3) is 6.32. The fourth-order valence-corrected chi connectivity index (χ4v) is 0.774. The van der Waals surface area contributed by atoms with E-state index in [1.807, 2.05) is 0 Å². The van der Waals surface area contributed by atoms with Crippen LogP contribution < -0.4 is 11.1 Å². The summed E-state index contributed by atoms with van der Waals surface area (Å²) >= 11 is 0. The minimum Gasteiger partial charge on any atom is -0.326 e. The van der Waals surface area contributed by atoms with Crippen molar-refractivity contribution in [3.8, 4) is 0 Å². The Labute approximate surface area is 70.5 Å². The van der Waals surface area contributed by atoms with Crippen molar-refractivity contribution in [2.75, 3.05) is 13.1 Å². The molecule has 0 saturated carbocycles. The Morgan fingerprint density at radius 3 is 2.00 bits per heavy atom. The highest BCUT2D eigenvalue weighted by Gasteiger charge is 2.05. The van der Waals surface area contributed by atoms with Crippen LogP contribution in [0.1, 0.15) is 27.7 Å². The van der Waals surface area contributed by atoms with Crippen molar-refractivity contribution in [3.63, 3.8) is 0 Å². The average molecular weight is 158 g/mol. The molecular weight excluding hydrogens is 136 g/mol. The Bertz CT molecular complexity index is 89.6. The minimum absolute atomic E-state index is 0.300. The van der Waals surface area contributed by atoms with Gasteiger partial charge in [-0.3, -0.25) is 0 Å². The van der Waals surface area contributed by atoms with E-state index < -0.39 is 0 Å². The topological polar surface area (TPSA) is 38.0 Å². The van der Waals surface area contributed by atoms with E-state index in [0.717, 1.165) is 19.0 Å². The molecule has 0 rings (SSSR count). The summed E-state index contributed by atoms with van der Waals surface area (Å²) in [5.41, 5.74) is 5.84. The summed E-state index contributed by atoms with van der Waals surface area (Å²) < 4.78 is 0. The van der Waals surface area contributed by atoms with Gasteiger partial charge in [-0.1, -0.05) is 27.7 Å². The maximum Gasteiger partial charge on any atom is 0.0188 e. The van der Waals surface area contributed by atoms with E-state index >= 15 is 0 Å². The second-order valence-electron chi connectivity index (χ2n) is 3.96. The lowest BCUT2D eigenvalue weighted by molar-refractivity contribution is 0.440. The molecule has 0 fully saturated rings. The molecule has 0 heterocycles. The van der Waals surface area contributed by atoms with Crippen molar-refractivity contribution in [1.82, 2.24) is 5.32 Å². The van der Waals surface area contributed by atoms with Crippen molar-refractivity contribution in [1.29, 1.82) is 0 Å². The van der Waals surface area contributed by atoms with Crippen LogP contribution in [0.15, 0.2) is 0 Å². The van der Waals surface area contributed by atoms with Gasteiger partial charge in [0.25, 0.3) is 0 Å². The molecule has 0 spiro atoms. The van der Waals surface area contributed by atoms with Crippen molar-refractivity contribution < 1.29 is 0 Å². The summed E-state index contributed by atoms with van der Waals surface area (Å²) in [5, 5.41) is 3.34. The molecule has 2 nitrogen and oxygen atoms in total. The van der Waals surface area contributed by atoms with Gasteiger partial charge in [-0.2, -0.15) is 0 Å². The molecule has 0 aliphatic heterocycles. The van der Waals surface area contributed by atoms with E-state index in [2.05, 4.69) is 33.0 Å². The highest BCUT2D eigenvalue weighted by molar-refractivity contribution is 4.68. The Morgan fingerprint density at radius 1 is 1.09 bits per heavy atom. The first-order valence-corrected chi connectivity index (χ1v) is 4.50. The van der Waals surface area contributed by atoms with Crippen LogP contribution in [0, 0.1) is 11.8 Å². The van der Waals surface area contributed by atoms with Gasteiger partial charge in [0.05, 0.1) is 0 Å². The Morgan fingerprint density at radius 2 is 1.64 bits per heavy atom. The van der Waals surface area contributed by atoms with Crippen LogP contribution in [0.4, 0.5) is 0 Å². The first-order valence-electron chi connectivity index (χ1n) is 4.50. The number of hydrogen-bond acceptors (Lipinski definition) is 2. The molecule has 0 aromatic carbocycles. The van der Waals surface area contributed by atoms with Crippen LogP contribution in [-0.4, -0.2) is 19.1 Å². The SMILES string of the molecule is CC(C)CNCC(N)C(C)C. The van der Waals surface area contributed by atoms with Crippen LogP contribution in [0.2, 0.25) is 0 Å². The van der Waals surface area contributed by atoms with Gasteiger partial charge in [0.2, 0.25) is 0 Å². The van der Waals surface area contributed by atoms with E-state index in [-0.39, 0.29) is 0 Å². The summed E-state index contributed by atoms with van der Waals surface area (Å²) in [7, 11) is 0. The quantitative estimate of drug-likeness (QED) is 0.631. The smallest absolute Gasteiger partial charge is 0.0188 e. The lowest BCUT2D eigenvalue weighted by atomic mass is 10.1. The Balaban J connectivity index is 3.24. The van der Waals surface area contributed by atoms with Crippen molar-refractivity contribution >= 4 is 0 Å². The molecule has 0 saturated heterocycles. The van der Waals surface area contributed by atoms with Crippen LogP contribution in [0.3, 0.4) is 0 Å². The summed E-state index contributed by atoms with van der Waals surface area (Å²) in [5.74, 6) is 1.30. The largest absolute Gasteiger partial charge is 0.326 e. The summed E-state index contributed by atoms with van der Waals surface area (Å²) in [6.45, 7) is 10.7. The highest BCUT2D eigenvalue weighted by Crippen LogP contribution is 1.96. The lowest BCUT2D eigenvalue weighted by Crippen LogP contribution is -2.39. The maximum atomic E-state index is 5.84. The Hall–Kier alpha value is -0.0800. The van der Waals surface area contributed by atoms with E-state index in [1.54, 1.807) is 0 Å². The van der Waals surface area contributed by atoms with Crippen LogP contribution in [0.25, 0.3) is 0 Å². The third-order valence-corrected chi connectivity index (χ3v) is 1.79. The first-order chi connectivity index (χ1) is 5.04. The van der Waals surface area contributed by atoms with Gasteiger partial charge in [-0.05, 0) is 18.4 Å². The van der Waals surface area contributed by atoms with E-state index in [0.29, 0.717) is 12.0 Å². The monoisotopic (exact) mass is 158 g/mol. The molecule has 0 aliphatic carbocycles. The van der Waals surface area contributed by atoms with Crippen molar-refractivity contribution in [2.45, 2.75) is 33.7 Å². The van der Waals surface area contributed by atoms with Crippen LogP contribution >= 0.6 is 0 Å². The van der Waals surface area contributed by atoms with Crippen molar-refractivity contribution in [2.24, 2.45) is 17.6 Å². The minimum atomic E-state index is 0.300. The zero-order valence-electron chi connectivity index (χ0n) is 8.22. The molecule has 68 valence electrons. The molecule has 0 aromatic rings. The number of nitrogens with two attached hydrogens (primary N) is 1. The molecule has 0 bridgehead atoms. The first kappa shape index (κ1) is 10.9. The Kier molecular flexibility index (Phi) is 5.51. The summed E-state index contributed by atoms with van der Waals surface area (Å²) in [6, 6.07) is 0.300. The predicted octanol–water partition coefficient (Wildman–Crippen LogP) is 1.22.